The minimum atomic E-state index is -0.637. The number of carbonyl (C=O) groups excluding carboxylic acids is 3. The Hall–Kier alpha value is -2.87. The normalized spacial score (nSPS) is 10.2. The van der Waals surface area contributed by atoms with Crippen molar-refractivity contribution in [1.29, 1.82) is 0 Å². The molecule has 26 heavy (non-hydrogen) atoms. The monoisotopic (exact) mass is 376 g/mol. The summed E-state index contributed by atoms with van der Waals surface area (Å²) < 4.78 is 18.0. The summed E-state index contributed by atoms with van der Waals surface area (Å²) in [6.07, 6.45) is -0.129. The fourth-order valence-electron chi connectivity index (χ4n) is 2.04. The predicted molar refractivity (Wildman–Crippen MR) is 96.1 cm³/mol. The van der Waals surface area contributed by atoms with Crippen LogP contribution in [0, 0.1) is 5.82 Å². The van der Waals surface area contributed by atoms with Gasteiger partial charge in [0.2, 0.25) is 5.91 Å². The SMILES string of the molecule is NC(=O)CSc1ccccc1NC(=O)COC(=O)Cc1cccc(F)c1. The van der Waals surface area contributed by atoms with Crippen LogP contribution in [0.5, 0.6) is 0 Å². The van der Waals surface area contributed by atoms with Crippen LogP contribution < -0.4 is 11.1 Å². The molecule has 3 N–H and O–H groups in total. The van der Waals surface area contributed by atoms with Gasteiger partial charge in [0.05, 0.1) is 17.9 Å². The van der Waals surface area contributed by atoms with Crippen molar-refractivity contribution in [3.63, 3.8) is 0 Å². The first-order chi connectivity index (χ1) is 12.4. The lowest BCUT2D eigenvalue weighted by Crippen LogP contribution is -2.22. The third-order valence-electron chi connectivity index (χ3n) is 3.13. The van der Waals surface area contributed by atoms with Crippen molar-refractivity contribution in [3.05, 3.63) is 59.9 Å². The molecule has 0 saturated carbocycles. The third kappa shape index (κ3) is 6.56. The zero-order valence-electron chi connectivity index (χ0n) is 13.7. The van der Waals surface area contributed by atoms with E-state index < -0.39 is 30.2 Å². The number of hydrogen-bond acceptors (Lipinski definition) is 5. The number of carbonyl (C=O) groups is 3. The lowest BCUT2D eigenvalue weighted by atomic mass is 10.1. The van der Waals surface area contributed by atoms with Gasteiger partial charge in [-0.25, -0.2) is 4.39 Å². The number of rotatable bonds is 8. The van der Waals surface area contributed by atoms with Gasteiger partial charge in [0.1, 0.15) is 5.82 Å². The molecule has 2 amide bonds. The Balaban J connectivity index is 1.85. The maximum absolute atomic E-state index is 13.1. The van der Waals surface area contributed by atoms with E-state index in [1.165, 1.54) is 30.0 Å². The van der Waals surface area contributed by atoms with E-state index in [0.717, 1.165) is 0 Å². The van der Waals surface area contributed by atoms with Crippen molar-refractivity contribution in [1.82, 2.24) is 0 Å². The molecule has 136 valence electrons. The molecule has 0 aliphatic carbocycles. The average molecular weight is 376 g/mol. The number of nitrogens with two attached hydrogens (primary N) is 1. The molecule has 0 bridgehead atoms. The van der Waals surface area contributed by atoms with Crippen molar-refractivity contribution in [2.45, 2.75) is 11.3 Å². The van der Waals surface area contributed by atoms with Gasteiger partial charge in [-0.2, -0.15) is 0 Å². The molecule has 2 rings (SSSR count). The lowest BCUT2D eigenvalue weighted by Gasteiger charge is -2.10. The molecular formula is C18H17FN2O4S. The summed E-state index contributed by atoms with van der Waals surface area (Å²) >= 11 is 1.19. The van der Waals surface area contributed by atoms with Crippen molar-refractivity contribution in [2.24, 2.45) is 5.73 Å². The Morgan fingerprint density at radius 3 is 2.62 bits per heavy atom. The third-order valence-corrected chi connectivity index (χ3v) is 4.23. The number of thioether (sulfide) groups is 1. The quantitative estimate of drug-likeness (QED) is 0.543. The van der Waals surface area contributed by atoms with E-state index in [2.05, 4.69) is 5.32 Å². The molecule has 6 nitrogen and oxygen atoms in total. The minimum Gasteiger partial charge on any atom is -0.455 e. The Morgan fingerprint density at radius 2 is 1.88 bits per heavy atom. The zero-order valence-corrected chi connectivity index (χ0v) is 14.6. The molecule has 0 aliphatic rings. The van der Waals surface area contributed by atoms with E-state index in [1.54, 1.807) is 30.3 Å². The maximum Gasteiger partial charge on any atom is 0.310 e. The summed E-state index contributed by atoms with van der Waals surface area (Å²) in [5.74, 6) is -2.00. The van der Waals surface area contributed by atoms with Gasteiger partial charge in [0.15, 0.2) is 6.61 Å². The van der Waals surface area contributed by atoms with Crippen LogP contribution in [0.4, 0.5) is 10.1 Å². The summed E-state index contributed by atoms with van der Waals surface area (Å²) in [6.45, 7) is -0.469. The van der Waals surface area contributed by atoms with Gasteiger partial charge in [-0.05, 0) is 29.8 Å². The highest BCUT2D eigenvalue weighted by atomic mass is 32.2. The topological polar surface area (TPSA) is 98.5 Å². The van der Waals surface area contributed by atoms with Gasteiger partial charge < -0.3 is 15.8 Å². The summed E-state index contributed by atoms with van der Waals surface area (Å²) in [5.41, 5.74) is 6.07. The molecule has 0 aliphatic heterocycles. The number of nitrogens with one attached hydrogen (secondary N) is 1. The molecule has 0 saturated heterocycles. The number of esters is 1. The Kier molecular flexibility index (Phi) is 7.16. The smallest absolute Gasteiger partial charge is 0.310 e. The fourth-order valence-corrected chi connectivity index (χ4v) is 2.79. The molecule has 2 aromatic rings. The van der Waals surface area contributed by atoms with Crippen LogP contribution in [0.1, 0.15) is 5.56 Å². The van der Waals surface area contributed by atoms with E-state index >= 15 is 0 Å². The van der Waals surface area contributed by atoms with E-state index in [1.807, 2.05) is 0 Å². The van der Waals surface area contributed by atoms with E-state index in [0.29, 0.717) is 16.1 Å². The second-order valence-corrected chi connectivity index (χ2v) is 6.28. The van der Waals surface area contributed by atoms with Crippen LogP contribution in [0.2, 0.25) is 0 Å². The number of hydrogen-bond donors (Lipinski definition) is 2. The summed E-state index contributed by atoms with van der Waals surface area (Å²) in [5, 5.41) is 2.61. The molecule has 0 atom stereocenters. The Morgan fingerprint density at radius 1 is 1.12 bits per heavy atom. The van der Waals surface area contributed by atoms with Crippen LogP contribution in [-0.2, 0) is 25.5 Å². The molecule has 0 spiro atoms. The minimum absolute atomic E-state index is 0.0789. The first-order valence-corrected chi connectivity index (χ1v) is 8.62. The highest BCUT2D eigenvalue weighted by molar-refractivity contribution is 8.00. The van der Waals surface area contributed by atoms with Gasteiger partial charge in [0, 0.05) is 4.90 Å². The standard InChI is InChI=1S/C18H17FN2O4S/c19-13-5-3-4-12(8-13)9-18(24)25-10-17(23)21-14-6-1-2-7-15(14)26-11-16(20)22/h1-8H,9-11H2,(H2,20,22)(H,21,23). The Bertz CT molecular complexity index is 813. The first kappa shape index (κ1) is 19.5. The van der Waals surface area contributed by atoms with Crippen LogP contribution in [-0.4, -0.2) is 30.1 Å². The Labute approximate surface area is 153 Å². The van der Waals surface area contributed by atoms with Crippen molar-refractivity contribution >= 4 is 35.2 Å². The van der Waals surface area contributed by atoms with Crippen LogP contribution >= 0.6 is 11.8 Å². The number of ether oxygens (including phenoxy) is 1. The van der Waals surface area contributed by atoms with Crippen LogP contribution in [0.25, 0.3) is 0 Å². The number of halogens is 1. The van der Waals surface area contributed by atoms with Gasteiger partial charge in [-0.15, -0.1) is 11.8 Å². The summed E-state index contributed by atoms with van der Waals surface area (Å²) in [6, 6.07) is 12.5. The number of amides is 2. The van der Waals surface area contributed by atoms with E-state index in [9.17, 15) is 18.8 Å². The highest BCUT2D eigenvalue weighted by Gasteiger charge is 2.11. The largest absolute Gasteiger partial charge is 0.455 e. The van der Waals surface area contributed by atoms with Crippen LogP contribution in [0.15, 0.2) is 53.4 Å². The highest BCUT2D eigenvalue weighted by Crippen LogP contribution is 2.26. The number of para-hydroxylation sites is 1. The molecule has 8 heteroatoms. The fraction of sp³-hybridized carbons (Fsp3) is 0.167. The van der Waals surface area contributed by atoms with Crippen molar-refractivity contribution in [2.75, 3.05) is 17.7 Å². The van der Waals surface area contributed by atoms with Crippen molar-refractivity contribution in [3.8, 4) is 0 Å². The summed E-state index contributed by atoms with van der Waals surface area (Å²) in [7, 11) is 0. The first-order valence-electron chi connectivity index (χ1n) is 7.64. The second kappa shape index (κ2) is 9.57. The molecule has 0 unspecified atom stereocenters. The molecular weight excluding hydrogens is 359 g/mol. The molecule has 0 radical (unpaired) electrons. The molecule has 0 heterocycles. The predicted octanol–water partition coefficient (Wildman–Crippen LogP) is 2.13. The van der Waals surface area contributed by atoms with Crippen LogP contribution in [0.3, 0.4) is 0 Å². The number of benzene rings is 2. The van der Waals surface area contributed by atoms with Crippen molar-refractivity contribution < 1.29 is 23.5 Å². The summed E-state index contributed by atoms with van der Waals surface area (Å²) in [4.78, 5) is 35.3. The van der Waals surface area contributed by atoms with E-state index in [4.69, 9.17) is 10.5 Å². The van der Waals surface area contributed by atoms with Gasteiger partial charge in [0.25, 0.3) is 5.91 Å². The maximum atomic E-state index is 13.1. The molecule has 2 aromatic carbocycles. The van der Waals surface area contributed by atoms with Gasteiger partial charge in [-0.1, -0.05) is 24.3 Å². The molecule has 0 fully saturated rings. The molecule has 0 aromatic heterocycles. The van der Waals surface area contributed by atoms with Gasteiger partial charge in [-0.3, -0.25) is 14.4 Å². The van der Waals surface area contributed by atoms with E-state index in [-0.39, 0.29) is 12.2 Å². The number of primary amides is 1. The average Bonchev–Trinajstić information content (AvgIpc) is 2.59. The number of anilines is 1. The zero-order chi connectivity index (χ0) is 18.9. The van der Waals surface area contributed by atoms with Gasteiger partial charge >= 0.3 is 5.97 Å². The lowest BCUT2D eigenvalue weighted by molar-refractivity contribution is -0.146. The second-order valence-electron chi connectivity index (χ2n) is 5.27.